The van der Waals surface area contributed by atoms with Crippen molar-refractivity contribution in [2.75, 3.05) is 6.54 Å². The number of carbonyl (C=O) groups excluding carboxylic acids is 2. The number of hydroxylamine groups is 1. The second kappa shape index (κ2) is 11.4. The van der Waals surface area contributed by atoms with Crippen molar-refractivity contribution in [3.63, 3.8) is 0 Å². The molecule has 27 heavy (non-hydrogen) atoms. The van der Waals surface area contributed by atoms with Gasteiger partial charge in [-0.2, -0.15) is 0 Å². The van der Waals surface area contributed by atoms with Gasteiger partial charge in [0.1, 0.15) is 0 Å². The summed E-state index contributed by atoms with van der Waals surface area (Å²) in [6.07, 6.45) is 4.40. The van der Waals surface area contributed by atoms with Crippen LogP contribution in [0.5, 0.6) is 0 Å². The van der Waals surface area contributed by atoms with E-state index in [9.17, 15) is 9.59 Å². The zero-order valence-corrected chi connectivity index (χ0v) is 18.5. The molecule has 0 aliphatic carbocycles. The quantitative estimate of drug-likeness (QED) is 0.190. The van der Waals surface area contributed by atoms with Gasteiger partial charge in [-0.1, -0.05) is 34.5 Å². The van der Waals surface area contributed by atoms with Crippen LogP contribution in [0.2, 0.25) is 0 Å². The van der Waals surface area contributed by atoms with Gasteiger partial charge in [-0.05, 0) is 64.7 Å². The van der Waals surface area contributed by atoms with Crippen LogP contribution in [0.4, 0.5) is 0 Å². The topological polar surface area (TPSA) is 78.4 Å². The Labute approximate surface area is 179 Å². The van der Waals surface area contributed by atoms with Crippen LogP contribution < -0.4 is 10.8 Å². The number of hydrogen-bond donors (Lipinski definition) is 3. The fourth-order valence-corrected chi connectivity index (χ4v) is 4.03. The van der Waals surface area contributed by atoms with Crippen LogP contribution in [0.25, 0.3) is 11.6 Å². The molecule has 0 saturated carbocycles. The third-order valence-corrected chi connectivity index (χ3v) is 5.87. The van der Waals surface area contributed by atoms with Crippen LogP contribution in [0.15, 0.2) is 44.7 Å². The van der Waals surface area contributed by atoms with E-state index in [1.165, 1.54) is 0 Å². The van der Waals surface area contributed by atoms with Gasteiger partial charge in [0.05, 0.1) is 3.79 Å². The summed E-state index contributed by atoms with van der Waals surface area (Å²) in [6.45, 7) is 0.529. The van der Waals surface area contributed by atoms with Crippen LogP contribution in [-0.2, 0) is 9.59 Å². The number of carbonyl (C=O) groups is 2. The molecule has 3 N–H and O–H groups in total. The molecule has 0 fully saturated rings. The Hall–Kier alpha value is -1.48. The molecule has 2 rings (SSSR count). The van der Waals surface area contributed by atoms with Crippen LogP contribution in [-0.4, -0.2) is 23.6 Å². The van der Waals surface area contributed by atoms with Crippen LogP contribution in [0, 0.1) is 0 Å². The van der Waals surface area contributed by atoms with E-state index >= 15 is 0 Å². The Balaban J connectivity index is 1.98. The van der Waals surface area contributed by atoms with Crippen LogP contribution in [0.1, 0.15) is 36.1 Å². The lowest BCUT2D eigenvalue weighted by Gasteiger charge is -2.10. The largest absolute Gasteiger partial charge is 0.352 e. The van der Waals surface area contributed by atoms with E-state index in [0.717, 1.165) is 31.5 Å². The van der Waals surface area contributed by atoms with Gasteiger partial charge < -0.3 is 5.32 Å². The molecular formula is C19H20Br2N2O3S. The van der Waals surface area contributed by atoms with Crippen molar-refractivity contribution < 1.29 is 14.8 Å². The first-order chi connectivity index (χ1) is 13.0. The summed E-state index contributed by atoms with van der Waals surface area (Å²) in [5.74, 6) is -0.517. The molecule has 0 saturated heterocycles. The van der Waals surface area contributed by atoms with Crippen molar-refractivity contribution in [3.8, 4) is 0 Å². The summed E-state index contributed by atoms with van der Waals surface area (Å²) in [4.78, 5) is 24.7. The predicted molar refractivity (Wildman–Crippen MR) is 115 cm³/mol. The summed E-state index contributed by atoms with van der Waals surface area (Å²) in [6, 6.07) is 11.6. The van der Waals surface area contributed by atoms with Gasteiger partial charge in [0.15, 0.2) is 0 Å². The number of hydrogen-bond acceptors (Lipinski definition) is 4. The molecular weight excluding hydrogens is 496 g/mol. The predicted octanol–water partition coefficient (Wildman–Crippen LogP) is 5.00. The molecule has 0 spiro atoms. The molecule has 0 bridgehead atoms. The van der Waals surface area contributed by atoms with Gasteiger partial charge in [0, 0.05) is 27.9 Å². The van der Waals surface area contributed by atoms with Crippen LogP contribution >= 0.6 is 43.2 Å². The first kappa shape index (κ1) is 21.8. The number of thiophene rings is 1. The fraction of sp³-hybridized carbons (Fsp3) is 0.263. The van der Waals surface area contributed by atoms with Crippen molar-refractivity contribution >= 4 is 66.7 Å². The molecule has 1 aromatic heterocycles. The standard InChI is InChI=1S/C19H20Br2N2O3S/c20-14-7-5-13(6-8-14)16(12-15-9-10-17(21)27-15)19(25)22-11-3-1-2-4-18(24)23-26/h5-10,12,26H,1-4,11H2,(H,22,25)(H,23,24)/b16-12-. The van der Waals surface area contributed by atoms with Crippen molar-refractivity contribution in [1.82, 2.24) is 10.8 Å². The first-order valence-corrected chi connectivity index (χ1v) is 10.8. The lowest BCUT2D eigenvalue weighted by atomic mass is 10.0. The Kier molecular flexibility index (Phi) is 9.20. The van der Waals surface area contributed by atoms with Crippen LogP contribution in [0.3, 0.4) is 0 Å². The lowest BCUT2D eigenvalue weighted by Crippen LogP contribution is -2.25. The normalized spacial score (nSPS) is 11.3. The summed E-state index contributed by atoms with van der Waals surface area (Å²) in [5, 5.41) is 11.4. The molecule has 0 atom stereocenters. The molecule has 2 aromatic rings. The monoisotopic (exact) mass is 514 g/mol. The number of nitrogens with one attached hydrogen (secondary N) is 2. The highest BCUT2D eigenvalue weighted by molar-refractivity contribution is 9.11. The highest BCUT2D eigenvalue weighted by atomic mass is 79.9. The first-order valence-electron chi connectivity index (χ1n) is 8.43. The zero-order chi connectivity index (χ0) is 19.6. The van der Waals surface area contributed by atoms with Gasteiger partial charge in [0.25, 0.3) is 5.91 Å². The zero-order valence-electron chi connectivity index (χ0n) is 14.5. The molecule has 144 valence electrons. The summed E-state index contributed by atoms with van der Waals surface area (Å²) in [7, 11) is 0. The molecule has 1 heterocycles. The highest BCUT2D eigenvalue weighted by Crippen LogP contribution is 2.27. The Morgan fingerprint density at radius 1 is 1.04 bits per heavy atom. The van der Waals surface area contributed by atoms with E-state index in [1.54, 1.807) is 16.8 Å². The summed E-state index contributed by atoms with van der Waals surface area (Å²) in [5.41, 5.74) is 3.07. The molecule has 0 aliphatic heterocycles. The van der Waals surface area contributed by atoms with E-state index in [1.807, 2.05) is 42.5 Å². The molecule has 0 unspecified atom stereocenters. The number of unbranched alkanes of at least 4 members (excludes halogenated alkanes) is 2. The average Bonchev–Trinajstić information content (AvgIpc) is 3.08. The third-order valence-electron chi connectivity index (χ3n) is 3.77. The number of rotatable bonds is 9. The van der Waals surface area contributed by atoms with Gasteiger partial charge in [-0.3, -0.25) is 14.8 Å². The SMILES string of the molecule is O=C(CCCCCNC(=O)/C(=C\c1ccc(Br)s1)c1ccc(Br)cc1)NO. The average molecular weight is 516 g/mol. The number of halogens is 2. The smallest absolute Gasteiger partial charge is 0.251 e. The Bertz CT molecular complexity index is 804. The van der Waals surface area contributed by atoms with Gasteiger partial charge in [-0.25, -0.2) is 5.48 Å². The molecule has 8 heteroatoms. The second-order valence-electron chi connectivity index (χ2n) is 5.81. The Morgan fingerprint density at radius 2 is 1.78 bits per heavy atom. The Morgan fingerprint density at radius 3 is 2.41 bits per heavy atom. The minimum Gasteiger partial charge on any atom is -0.352 e. The van der Waals surface area contributed by atoms with E-state index in [0.29, 0.717) is 18.5 Å². The maximum Gasteiger partial charge on any atom is 0.251 e. The summed E-state index contributed by atoms with van der Waals surface area (Å²) < 4.78 is 1.97. The highest BCUT2D eigenvalue weighted by Gasteiger charge is 2.12. The second-order valence-corrected chi connectivity index (χ2v) is 9.22. The molecule has 5 nitrogen and oxygen atoms in total. The molecule has 0 radical (unpaired) electrons. The molecule has 2 amide bonds. The maximum absolute atomic E-state index is 12.7. The number of amides is 2. The van der Waals surface area contributed by atoms with Crippen molar-refractivity contribution in [2.45, 2.75) is 25.7 Å². The number of benzene rings is 1. The maximum atomic E-state index is 12.7. The molecule has 1 aromatic carbocycles. The van der Waals surface area contributed by atoms with Gasteiger partial charge in [-0.15, -0.1) is 11.3 Å². The van der Waals surface area contributed by atoms with E-state index in [4.69, 9.17) is 5.21 Å². The minimum atomic E-state index is -0.387. The van der Waals surface area contributed by atoms with Gasteiger partial charge >= 0.3 is 0 Å². The third kappa shape index (κ3) is 7.57. The molecule has 0 aliphatic rings. The van der Waals surface area contributed by atoms with Crippen molar-refractivity contribution in [2.24, 2.45) is 0 Å². The van der Waals surface area contributed by atoms with E-state index < -0.39 is 0 Å². The van der Waals surface area contributed by atoms with E-state index in [2.05, 4.69) is 37.2 Å². The van der Waals surface area contributed by atoms with Gasteiger partial charge in [0.2, 0.25) is 5.91 Å². The van der Waals surface area contributed by atoms with Crippen molar-refractivity contribution in [3.05, 3.63) is 55.1 Å². The van der Waals surface area contributed by atoms with E-state index in [-0.39, 0.29) is 18.2 Å². The minimum absolute atomic E-state index is 0.130. The summed E-state index contributed by atoms with van der Waals surface area (Å²) >= 11 is 8.42. The lowest BCUT2D eigenvalue weighted by molar-refractivity contribution is -0.129. The fourth-order valence-electron chi connectivity index (χ4n) is 2.40. The van der Waals surface area contributed by atoms with Crippen molar-refractivity contribution in [1.29, 1.82) is 0 Å².